The first kappa shape index (κ1) is 22.7. The minimum Gasteiger partial charge on any atom is -0.489 e. The molecule has 2 aromatic carbocycles. The molecule has 2 fully saturated rings. The first-order valence-electron chi connectivity index (χ1n) is 12.5. The molecule has 6 rings (SSSR count). The molecule has 1 unspecified atom stereocenters. The quantitative estimate of drug-likeness (QED) is 0.560. The maximum atomic E-state index is 12.9. The van der Waals surface area contributed by atoms with Crippen molar-refractivity contribution in [2.75, 3.05) is 13.1 Å². The Labute approximate surface area is 209 Å². The molecule has 2 saturated heterocycles. The zero-order valence-electron chi connectivity index (χ0n) is 20.2. The molecule has 4 heterocycles. The van der Waals surface area contributed by atoms with Crippen molar-refractivity contribution in [3.8, 4) is 5.75 Å². The number of carbonyl (C=O) groups excluding carboxylic acids is 3. The number of amides is 3. The van der Waals surface area contributed by atoms with Crippen LogP contribution in [0.2, 0.25) is 0 Å². The molecule has 2 atom stereocenters. The summed E-state index contributed by atoms with van der Waals surface area (Å²) in [6, 6.07) is 15.5. The van der Waals surface area contributed by atoms with E-state index in [0.29, 0.717) is 18.5 Å². The van der Waals surface area contributed by atoms with E-state index >= 15 is 0 Å². The van der Waals surface area contributed by atoms with Gasteiger partial charge in [0.2, 0.25) is 11.8 Å². The number of aryl methyl sites for hydroxylation is 1. The molecule has 0 bridgehead atoms. The van der Waals surface area contributed by atoms with Crippen molar-refractivity contribution in [2.45, 2.75) is 51.4 Å². The number of ether oxygens (including phenoxy) is 1. The summed E-state index contributed by atoms with van der Waals surface area (Å²) >= 11 is 0. The van der Waals surface area contributed by atoms with Crippen LogP contribution in [0.5, 0.6) is 5.75 Å². The summed E-state index contributed by atoms with van der Waals surface area (Å²) in [4.78, 5) is 45.2. The van der Waals surface area contributed by atoms with Gasteiger partial charge in [-0.15, -0.1) is 0 Å². The van der Waals surface area contributed by atoms with Gasteiger partial charge in [0, 0.05) is 49.2 Å². The van der Waals surface area contributed by atoms with Crippen molar-refractivity contribution < 1.29 is 19.1 Å². The van der Waals surface area contributed by atoms with Crippen molar-refractivity contribution in [2.24, 2.45) is 0 Å². The fourth-order valence-corrected chi connectivity index (χ4v) is 5.49. The van der Waals surface area contributed by atoms with Gasteiger partial charge in [0.15, 0.2) is 0 Å². The zero-order valence-corrected chi connectivity index (χ0v) is 20.2. The van der Waals surface area contributed by atoms with E-state index in [9.17, 15) is 14.4 Å². The largest absolute Gasteiger partial charge is 0.489 e. The van der Waals surface area contributed by atoms with Crippen molar-refractivity contribution in [1.29, 1.82) is 0 Å². The Bertz CT molecular complexity index is 1390. The summed E-state index contributed by atoms with van der Waals surface area (Å²) in [5.74, 6) is -0.105. The van der Waals surface area contributed by atoms with Gasteiger partial charge in [0.1, 0.15) is 17.9 Å². The minimum atomic E-state index is -0.606. The van der Waals surface area contributed by atoms with Crippen LogP contribution in [-0.4, -0.2) is 57.7 Å². The van der Waals surface area contributed by atoms with E-state index in [-0.39, 0.29) is 24.3 Å². The zero-order chi connectivity index (χ0) is 24.8. The topological polar surface area (TPSA) is 91.8 Å². The van der Waals surface area contributed by atoms with Crippen LogP contribution in [0.1, 0.15) is 46.4 Å². The average molecular weight is 485 g/mol. The Morgan fingerprint density at radius 2 is 1.94 bits per heavy atom. The number of piperidine rings is 1. The van der Waals surface area contributed by atoms with Crippen LogP contribution in [0.25, 0.3) is 10.9 Å². The smallest absolute Gasteiger partial charge is 0.255 e. The number of nitrogens with one attached hydrogen (secondary N) is 1. The van der Waals surface area contributed by atoms with E-state index in [0.717, 1.165) is 54.0 Å². The summed E-state index contributed by atoms with van der Waals surface area (Å²) in [6.45, 7) is 5.02. The molecule has 36 heavy (non-hydrogen) atoms. The minimum absolute atomic E-state index is 0.0798. The molecule has 3 amide bonds. The van der Waals surface area contributed by atoms with E-state index in [4.69, 9.17) is 4.74 Å². The lowest BCUT2D eigenvalue weighted by Gasteiger charge is -2.29. The Morgan fingerprint density at radius 1 is 1.06 bits per heavy atom. The fourth-order valence-electron chi connectivity index (χ4n) is 5.49. The molecule has 1 aromatic heterocycles. The van der Waals surface area contributed by atoms with E-state index < -0.39 is 11.9 Å². The number of hydrogen-bond donors (Lipinski definition) is 1. The molecular formula is C28H28N4O4. The molecule has 8 heteroatoms. The molecular weight excluding hydrogens is 456 g/mol. The molecule has 1 N–H and O–H groups in total. The normalized spacial score (nSPS) is 22.2. The number of aromatic nitrogens is 1. The summed E-state index contributed by atoms with van der Waals surface area (Å²) in [6.07, 6.45) is 1.63. The van der Waals surface area contributed by atoms with Gasteiger partial charge in [-0.3, -0.25) is 29.6 Å². The molecule has 0 spiro atoms. The van der Waals surface area contributed by atoms with Crippen molar-refractivity contribution >= 4 is 28.6 Å². The lowest BCUT2D eigenvalue weighted by Crippen LogP contribution is -2.52. The van der Waals surface area contributed by atoms with Gasteiger partial charge in [-0.1, -0.05) is 12.1 Å². The predicted octanol–water partition coefficient (Wildman–Crippen LogP) is 2.96. The highest BCUT2D eigenvalue weighted by molar-refractivity contribution is 6.05. The van der Waals surface area contributed by atoms with Gasteiger partial charge in [0.05, 0.1) is 5.52 Å². The number of fused-ring (bicyclic) bond motifs is 2. The SMILES string of the molecule is Cc1ccc2cc(CN3CC[C@H](Oc4ccc5c(c4)CN(C4CCC(=O)NC4=O)C5=O)C3)ccc2n1. The van der Waals surface area contributed by atoms with Gasteiger partial charge in [0.25, 0.3) is 5.91 Å². The van der Waals surface area contributed by atoms with Crippen LogP contribution in [0.4, 0.5) is 0 Å². The van der Waals surface area contributed by atoms with Gasteiger partial charge >= 0.3 is 0 Å². The number of hydrogen-bond acceptors (Lipinski definition) is 6. The summed E-state index contributed by atoms with van der Waals surface area (Å²) in [5.41, 5.74) is 4.76. The van der Waals surface area contributed by atoms with Gasteiger partial charge < -0.3 is 9.64 Å². The van der Waals surface area contributed by atoms with Crippen LogP contribution in [0.3, 0.4) is 0 Å². The number of benzene rings is 2. The van der Waals surface area contributed by atoms with E-state index in [2.05, 4.69) is 39.5 Å². The lowest BCUT2D eigenvalue weighted by molar-refractivity contribution is -0.136. The van der Waals surface area contributed by atoms with Crippen LogP contribution >= 0.6 is 0 Å². The van der Waals surface area contributed by atoms with E-state index in [1.807, 2.05) is 25.1 Å². The highest BCUT2D eigenvalue weighted by Gasteiger charge is 2.39. The first-order chi connectivity index (χ1) is 17.4. The van der Waals surface area contributed by atoms with Crippen LogP contribution in [0, 0.1) is 6.92 Å². The average Bonchev–Trinajstić information content (AvgIpc) is 3.42. The monoisotopic (exact) mass is 484 g/mol. The maximum absolute atomic E-state index is 12.9. The number of pyridine rings is 1. The van der Waals surface area contributed by atoms with Gasteiger partial charge in [-0.2, -0.15) is 0 Å². The number of carbonyl (C=O) groups is 3. The molecule has 3 aliphatic rings. The second-order valence-corrected chi connectivity index (χ2v) is 9.96. The molecule has 8 nitrogen and oxygen atoms in total. The van der Waals surface area contributed by atoms with Crippen molar-refractivity contribution in [1.82, 2.24) is 20.1 Å². The van der Waals surface area contributed by atoms with Crippen LogP contribution in [0.15, 0.2) is 48.5 Å². The van der Waals surface area contributed by atoms with Crippen LogP contribution < -0.4 is 10.1 Å². The van der Waals surface area contributed by atoms with Crippen molar-refractivity contribution in [3.05, 3.63) is 70.9 Å². The summed E-state index contributed by atoms with van der Waals surface area (Å²) in [7, 11) is 0. The molecule has 3 aromatic rings. The van der Waals surface area contributed by atoms with Gasteiger partial charge in [-0.25, -0.2) is 0 Å². The third-order valence-corrected chi connectivity index (χ3v) is 7.33. The lowest BCUT2D eigenvalue weighted by atomic mass is 10.0. The molecule has 184 valence electrons. The highest BCUT2D eigenvalue weighted by atomic mass is 16.5. The first-order valence-corrected chi connectivity index (χ1v) is 12.5. The Hall–Kier alpha value is -3.78. The highest BCUT2D eigenvalue weighted by Crippen LogP contribution is 2.31. The fraction of sp³-hybridized carbons (Fsp3) is 0.357. The Kier molecular flexibility index (Phi) is 5.68. The number of nitrogens with zero attached hydrogens (tertiary/aromatic N) is 3. The number of imide groups is 1. The summed E-state index contributed by atoms with van der Waals surface area (Å²) in [5, 5.41) is 3.50. The second-order valence-electron chi connectivity index (χ2n) is 9.96. The predicted molar refractivity (Wildman–Crippen MR) is 133 cm³/mol. The number of likely N-dealkylation sites (tertiary alicyclic amines) is 1. The molecule has 0 aliphatic carbocycles. The van der Waals surface area contributed by atoms with E-state index in [1.54, 1.807) is 11.0 Å². The van der Waals surface area contributed by atoms with E-state index in [1.165, 1.54) is 5.56 Å². The maximum Gasteiger partial charge on any atom is 0.255 e. The Balaban J connectivity index is 1.08. The van der Waals surface area contributed by atoms with Crippen LogP contribution in [-0.2, 0) is 22.7 Å². The third kappa shape index (κ3) is 4.33. The standard InChI is InChI=1S/C28H28N4O4/c1-17-2-4-19-12-18(3-7-24(19)29-17)14-31-11-10-22(16-31)36-21-5-6-23-20(13-21)15-32(28(23)35)25-8-9-26(33)30-27(25)34/h2-7,12-13,22,25H,8-11,14-16H2,1H3,(H,30,33,34)/t22-,25?/m0/s1. The van der Waals surface area contributed by atoms with Crippen molar-refractivity contribution in [3.63, 3.8) is 0 Å². The third-order valence-electron chi connectivity index (χ3n) is 7.33. The van der Waals surface area contributed by atoms with Gasteiger partial charge in [-0.05, 0) is 67.3 Å². The Morgan fingerprint density at radius 3 is 2.81 bits per heavy atom. The number of rotatable bonds is 5. The molecule has 0 radical (unpaired) electrons. The summed E-state index contributed by atoms with van der Waals surface area (Å²) < 4.78 is 6.30. The second kappa shape index (κ2) is 9.02. The molecule has 3 aliphatic heterocycles. The molecule has 0 saturated carbocycles.